The smallest absolute Gasteiger partial charge is 0.248 e. The minimum atomic E-state index is -3.82. The number of carbonyl (C=O) groups is 1. The summed E-state index contributed by atoms with van der Waals surface area (Å²) >= 11 is 0. The molecule has 3 heterocycles. The van der Waals surface area contributed by atoms with Gasteiger partial charge in [0.1, 0.15) is 5.69 Å². The van der Waals surface area contributed by atoms with Gasteiger partial charge in [-0.25, -0.2) is 8.42 Å². The van der Waals surface area contributed by atoms with Gasteiger partial charge in [0.15, 0.2) is 10.7 Å². The molecule has 212 valence electrons. The summed E-state index contributed by atoms with van der Waals surface area (Å²) in [6.07, 6.45) is 4.49. The number of aryl methyl sites for hydroxylation is 3. The first-order chi connectivity index (χ1) is 19.1. The van der Waals surface area contributed by atoms with E-state index < -0.39 is 10.0 Å². The van der Waals surface area contributed by atoms with Gasteiger partial charge in [-0.2, -0.15) is 4.31 Å². The fourth-order valence-corrected chi connectivity index (χ4v) is 7.45. The number of carbonyl (C=O) groups excluding carboxylic acids is 1. The van der Waals surface area contributed by atoms with Crippen molar-refractivity contribution in [2.75, 3.05) is 37.6 Å². The van der Waals surface area contributed by atoms with Gasteiger partial charge in [-0.05, 0) is 69.9 Å². The Morgan fingerprint density at radius 1 is 0.950 bits per heavy atom. The maximum atomic E-state index is 13.7. The van der Waals surface area contributed by atoms with Gasteiger partial charge in [0.25, 0.3) is 0 Å². The van der Waals surface area contributed by atoms with Gasteiger partial charge in [-0.15, -0.1) is 0 Å². The molecule has 0 unspecified atom stereocenters. The number of rotatable bonds is 6. The number of piperazine rings is 1. The van der Waals surface area contributed by atoms with E-state index in [0.29, 0.717) is 44.7 Å². The van der Waals surface area contributed by atoms with Gasteiger partial charge in [0, 0.05) is 50.4 Å². The van der Waals surface area contributed by atoms with Gasteiger partial charge in [-0.3, -0.25) is 4.79 Å². The number of sulfonamides is 1. The summed E-state index contributed by atoms with van der Waals surface area (Å²) in [6, 6.07) is 16.6. The van der Waals surface area contributed by atoms with Gasteiger partial charge >= 0.3 is 0 Å². The van der Waals surface area contributed by atoms with Crippen LogP contribution in [0, 0.1) is 26.7 Å². The topological polar surface area (TPSA) is 87.0 Å². The Balaban J connectivity index is 1.21. The third kappa shape index (κ3) is 5.86. The molecule has 2 aliphatic heterocycles. The number of hydrogen-bond donors (Lipinski definition) is 0. The third-order valence-electron chi connectivity index (χ3n) is 8.01. The average molecular weight is 563 g/mol. The predicted octanol–water partition coefficient (Wildman–Crippen LogP) is 4.91. The SMILES string of the molecule is Cc1ccc(/C=C/c2onc(C)c2S(=O)(=O)N2CCC(C(=O)N3CCN(c4cccc(C)c4)[C@@H](C)C3)CC2)cc1. The summed E-state index contributed by atoms with van der Waals surface area (Å²) in [5.41, 5.74) is 4.84. The summed E-state index contributed by atoms with van der Waals surface area (Å²) in [5.74, 6) is 0.182. The molecule has 0 spiro atoms. The van der Waals surface area contributed by atoms with Crippen LogP contribution in [0.5, 0.6) is 0 Å². The Hall–Kier alpha value is -3.43. The van der Waals surface area contributed by atoms with Crippen molar-refractivity contribution in [3.05, 3.63) is 76.7 Å². The van der Waals surface area contributed by atoms with Crippen LogP contribution in [-0.2, 0) is 14.8 Å². The molecule has 40 heavy (non-hydrogen) atoms. The second kappa shape index (κ2) is 11.6. The summed E-state index contributed by atoms with van der Waals surface area (Å²) < 4.78 is 34.2. The van der Waals surface area contributed by atoms with Crippen LogP contribution in [0.1, 0.15) is 47.9 Å². The van der Waals surface area contributed by atoms with Crippen molar-refractivity contribution < 1.29 is 17.7 Å². The first-order valence-corrected chi connectivity index (χ1v) is 15.4. The molecule has 1 aromatic heterocycles. The maximum absolute atomic E-state index is 13.7. The molecule has 5 rings (SSSR count). The molecule has 0 aliphatic carbocycles. The zero-order valence-corrected chi connectivity index (χ0v) is 24.5. The Kier molecular flexibility index (Phi) is 8.14. The molecule has 2 saturated heterocycles. The Morgan fingerprint density at radius 2 is 1.68 bits per heavy atom. The van der Waals surface area contributed by atoms with Crippen molar-refractivity contribution in [3.8, 4) is 0 Å². The Morgan fingerprint density at radius 3 is 2.35 bits per heavy atom. The Bertz CT molecular complexity index is 1490. The highest BCUT2D eigenvalue weighted by Gasteiger charge is 2.38. The second-order valence-electron chi connectivity index (χ2n) is 11.0. The number of benzene rings is 2. The number of aromatic nitrogens is 1. The average Bonchev–Trinajstić information content (AvgIpc) is 3.33. The summed E-state index contributed by atoms with van der Waals surface area (Å²) in [5, 5.41) is 3.95. The minimum absolute atomic E-state index is 0.0988. The molecule has 1 amide bonds. The summed E-state index contributed by atoms with van der Waals surface area (Å²) in [7, 11) is -3.82. The lowest BCUT2D eigenvalue weighted by atomic mass is 9.95. The minimum Gasteiger partial charge on any atom is -0.365 e. The lowest BCUT2D eigenvalue weighted by Crippen LogP contribution is -2.55. The van der Waals surface area contributed by atoms with Gasteiger partial charge in [-0.1, -0.05) is 53.2 Å². The van der Waals surface area contributed by atoms with E-state index in [9.17, 15) is 13.2 Å². The number of anilines is 1. The van der Waals surface area contributed by atoms with Crippen molar-refractivity contribution in [3.63, 3.8) is 0 Å². The monoisotopic (exact) mass is 562 g/mol. The van der Waals surface area contributed by atoms with Crippen LogP contribution in [0.25, 0.3) is 12.2 Å². The van der Waals surface area contributed by atoms with Crippen molar-refractivity contribution in [2.24, 2.45) is 5.92 Å². The van der Waals surface area contributed by atoms with E-state index >= 15 is 0 Å². The molecule has 0 saturated carbocycles. The van der Waals surface area contributed by atoms with Crippen molar-refractivity contribution >= 4 is 33.8 Å². The third-order valence-corrected chi connectivity index (χ3v) is 10.1. The van der Waals surface area contributed by atoms with E-state index in [1.165, 1.54) is 15.6 Å². The molecule has 0 radical (unpaired) electrons. The zero-order chi connectivity index (χ0) is 28.4. The molecule has 2 aliphatic rings. The van der Waals surface area contributed by atoms with Crippen LogP contribution < -0.4 is 4.90 Å². The predicted molar refractivity (Wildman–Crippen MR) is 157 cm³/mol. The molecule has 2 aromatic carbocycles. The standard InChI is InChI=1S/C31H38N4O4S/c1-22-8-10-26(11-9-22)12-13-29-30(25(4)32-39-29)40(37,38)34-16-14-27(15-17-34)31(36)33-18-19-35(24(3)21-33)28-7-5-6-23(2)20-28/h5-13,20,24,27H,14-19,21H2,1-4H3/b13-12+/t24-/m0/s1. The van der Waals surface area contributed by atoms with Crippen LogP contribution in [0.2, 0.25) is 0 Å². The molecule has 1 atom stereocenters. The molecule has 9 heteroatoms. The number of nitrogens with zero attached hydrogens (tertiary/aromatic N) is 4. The van der Waals surface area contributed by atoms with Crippen molar-refractivity contribution in [1.29, 1.82) is 0 Å². The largest absolute Gasteiger partial charge is 0.365 e. The van der Waals surface area contributed by atoms with Crippen LogP contribution in [0.4, 0.5) is 5.69 Å². The van der Waals surface area contributed by atoms with Crippen molar-refractivity contribution in [2.45, 2.75) is 51.5 Å². The highest BCUT2D eigenvalue weighted by atomic mass is 32.2. The van der Waals surface area contributed by atoms with Crippen molar-refractivity contribution in [1.82, 2.24) is 14.4 Å². The van der Waals surface area contributed by atoms with Gasteiger partial charge in [0.05, 0.1) is 0 Å². The van der Waals surface area contributed by atoms with Gasteiger partial charge < -0.3 is 14.3 Å². The fourth-order valence-electron chi connectivity index (χ4n) is 5.73. The second-order valence-corrected chi connectivity index (χ2v) is 12.9. The molecule has 0 bridgehead atoms. The highest BCUT2D eigenvalue weighted by molar-refractivity contribution is 7.89. The van der Waals surface area contributed by atoms with E-state index in [0.717, 1.165) is 17.7 Å². The Labute approximate surface area is 237 Å². The quantitative estimate of drug-likeness (QED) is 0.424. The van der Waals surface area contributed by atoms with Crippen LogP contribution >= 0.6 is 0 Å². The molecular formula is C31H38N4O4S. The lowest BCUT2D eigenvalue weighted by Gasteiger charge is -2.43. The van der Waals surface area contributed by atoms with Crippen LogP contribution in [0.3, 0.4) is 0 Å². The van der Waals surface area contributed by atoms with E-state index in [1.807, 2.05) is 42.2 Å². The van der Waals surface area contributed by atoms with E-state index in [-0.39, 0.29) is 28.5 Å². The lowest BCUT2D eigenvalue weighted by molar-refractivity contribution is -0.137. The number of amides is 1. The van der Waals surface area contributed by atoms with E-state index in [2.05, 4.69) is 48.2 Å². The fraction of sp³-hybridized carbons (Fsp3) is 0.419. The molecular weight excluding hydrogens is 524 g/mol. The maximum Gasteiger partial charge on any atom is 0.248 e. The first kappa shape index (κ1) is 28.1. The molecule has 2 fully saturated rings. The first-order valence-electron chi connectivity index (χ1n) is 14.0. The normalized spacial score (nSPS) is 19.4. The van der Waals surface area contributed by atoms with Crippen LogP contribution in [0.15, 0.2) is 57.9 Å². The molecule has 3 aromatic rings. The summed E-state index contributed by atoms with van der Waals surface area (Å²) in [4.78, 5) is 17.9. The van der Waals surface area contributed by atoms with E-state index in [1.54, 1.807) is 13.0 Å². The summed E-state index contributed by atoms with van der Waals surface area (Å²) in [6.45, 7) is 10.6. The number of hydrogen-bond acceptors (Lipinski definition) is 6. The molecule has 0 N–H and O–H groups in total. The zero-order valence-electron chi connectivity index (χ0n) is 23.7. The van der Waals surface area contributed by atoms with Gasteiger partial charge in [0.2, 0.25) is 15.9 Å². The van der Waals surface area contributed by atoms with E-state index in [4.69, 9.17) is 4.52 Å². The number of piperidine rings is 1. The highest BCUT2D eigenvalue weighted by Crippen LogP contribution is 2.30. The van der Waals surface area contributed by atoms with Crippen LogP contribution in [-0.4, -0.2) is 67.5 Å². The molecule has 8 nitrogen and oxygen atoms in total.